The Balaban J connectivity index is 1.48. The zero-order valence-corrected chi connectivity index (χ0v) is 17.6. The highest BCUT2D eigenvalue weighted by molar-refractivity contribution is 6.00. The first kappa shape index (κ1) is 20.2. The number of aliphatic hydroxyl groups is 1. The summed E-state index contributed by atoms with van der Waals surface area (Å²) in [7, 11) is 0. The summed E-state index contributed by atoms with van der Waals surface area (Å²) in [6, 6.07) is 7.95. The third kappa shape index (κ3) is 4.55. The number of hydrogen-bond donors (Lipinski definition) is 3. The van der Waals surface area contributed by atoms with Gasteiger partial charge in [-0.15, -0.1) is 0 Å². The quantitative estimate of drug-likeness (QED) is 0.417. The molecule has 1 fully saturated rings. The summed E-state index contributed by atoms with van der Waals surface area (Å²) < 4.78 is 1.89. The molecule has 1 aromatic heterocycles. The van der Waals surface area contributed by atoms with Crippen LogP contribution in [0.4, 0.5) is 0 Å². The van der Waals surface area contributed by atoms with Crippen molar-refractivity contribution in [1.82, 2.24) is 20.5 Å². The van der Waals surface area contributed by atoms with Gasteiger partial charge in [-0.25, -0.2) is 15.1 Å². The highest BCUT2D eigenvalue weighted by Crippen LogP contribution is 2.27. The molecule has 0 spiro atoms. The fourth-order valence-electron chi connectivity index (χ4n) is 3.83. The summed E-state index contributed by atoms with van der Waals surface area (Å²) in [6.07, 6.45) is 6.66. The standard InChI is InChI=1S/C23H28N6O/c1-17(27-28-22-24-14-15-25-22)21-16-26-29(18(21)2)20-8-6-19(7-9-20)10-13-23(30)11-4-3-5-12-23/h6-9,16,30H,3-5,11-12,14-15H2,1-2H3,(H2,24,25,28)/b27-17+. The van der Waals surface area contributed by atoms with Crippen molar-refractivity contribution in [2.75, 3.05) is 13.1 Å². The van der Waals surface area contributed by atoms with Crippen LogP contribution in [0.1, 0.15) is 55.8 Å². The molecule has 4 rings (SSSR count). The van der Waals surface area contributed by atoms with Crippen molar-refractivity contribution in [3.05, 3.63) is 47.3 Å². The lowest BCUT2D eigenvalue weighted by molar-refractivity contribution is 0.0610. The maximum Gasteiger partial charge on any atom is 0.212 e. The fourth-order valence-corrected chi connectivity index (χ4v) is 3.83. The zero-order valence-electron chi connectivity index (χ0n) is 17.6. The minimum atomic E-state index is -0.825. The van der Waals surface area contributed by atoms with Gasteiger partial charge in [-0.2, -0.15) is 10.2 Å². The highest BCUT2D eigenvalue weighted by Gasteiger charge is 2.26. The molecule has 1 saturated carbocycles. The van der Waals surface area contributed by atoms with Crippen molar-refractivity contribution < 1.29 is 5.11 Å². The Morgan fingerprint density at radius 1 is 1.23 bits per heavy atom. The number of rotatable bonds is 3. The van der Waals surface area contributed by atoms with E-state index in [0.29, 0.717) is 5.96 Å². The van der Waals surface area contributed by atoms with Crippen molar-refractivity contribution >= 4 is 11.7 Å². The van der Waals surface area contributed by atoms with E-state index < -0.39 is 5.60 Å². The Morgan fingerprint density at radius 3 is 2.70 bits per heavy atom. The lowest BCUT2D eigenvalue weighted by atomic mass is 9.85. The summed E-state index contributed by atoms with van der Waals surface area (Å²) >= 11 is 0. The normalized spacial score (nSPS) is 18.2. The maximum atomic E-state index is 10.6. The number of hydrazone groups is 1. The minimum absolute atomic E-state index is 0.703. The number of aliphatic imine (C=N–C) groups is 1. The first-order valence-electron chi connectivity index (χ1n) is 10.5. The lowest BCUT2D eigenvalue weighted by Crippen LogP contribution is -2.30. The van der Waals surface area contributed by atoms with E-state index in [9.17, 15) is 5.11 Å². The molecule has 1 aliphatic heterocycles. The zero-order chi connectivity index (χ0) is 21.0. The van der Waals surface area contributed by atoms with Crippen LogP contribution >= 0.6 is 0 Å². The van der Waals surface area contributed by atoms with Crippen LogP contribution in [0.5, 0.6) is 0 Å². The van der Waals surface area contributed by atoms with Crippen molar-refractivity contribution in [3.63, 3.8) is 0 Å². The smallest absolute Gasteiger partial charge is 0.212 e. The number of hydrogen-bond acceptors (Lipinski definition) is 6. The molecule has 0 unspecified atom stereocenters. The van der Waals surface area contributed by atoms with Gasteiger partial charge in [0.25, 0.3) is 0 Å². The molecule has 2 heterocycles. The van der Waals surface area contributed by atoms with Crippen molar-refractivity contribution in [2.24, 2.45) is 10.1 Å². The van der Waals surface area contributed by atoms with Gasteiger partial charge >= 0.3 is 0 Å². The van der Waals surface area contributed by atoms with Crippen LogP contribution in [0.25, 0.3) is 5.69 Å². The summed E-state index contributed by atoms with van der Waals surface area (Å²) in [4.78, 5) is 4.27. The van der Waals surface area contributed by atoms with Crippen LogP contribution < -0.4 is 10.7 Å². The largest absolute Gasteiger partial charge is 0.378 e. The number of aromatic nitrogens is 2. The molecule has 3 N–H and O–H groups in total. The Hall–Kier alpha value is -3.11. The Morgan fingerprint density at radius 2 is 2.00 bits per heavy atom. The van der Waals surface area contributed by atoms with Gasteiger partial charge in [0.15, 0.2) is 0 Å². The van der Waals surface area contributed by atoms with E-state index in [1.807, 2.05) is 49.0 Å². The second kappa shape index (κ2) is 8.72. The Bertz CT molecular complexity index is 1020. The number of nitrogens with zero attached hydrogens (tertiary/aromatic N) is 4. The van der Waals surface area contributed by atoms with E-state index in [0.717, 1.165) is 67.0 Å². The van der Waals surface area contributed by atoms with Gasteiger partial charge < -0.3 is 10.4 Å². The molecule has 2 aliphatic rings. The number of nitrogens with one attached hydrogen (secondary N) is 2. The van der Waals surface area contributed by atoms with E-state index in [-0.39, 0.29) is 0 Å². The van der Waals surface area contributed by atoms with Gasteiger partial charge in [0, 0.05) is 17.7 Å². The maximum absolute atomic E-state index is 10.6. The summed E-state index contributed by atoms with van der Waals surface area (Å²) in [5.41, 5.74) is 6.83. The predicted octanol–water partition coefficient (Wildman–Crippen LogP) is 2.50. The molecule has 1 aromatic carbocycles. The van der Waals surface area contributed by atoms with E-state index in [2.05, 4.69) is 37.8 Å². The van der Waals surface area contributed by atoms with Crippen LogP contribution in [-0.4, -0.2) is 45.2 Å². The predicted molar refractivity (Wildman–Crippen MR) is 119 cm³/mol. The molecule has 0 amide bonds. The molecule has 7 heteroatoms. The van der Waals surface area contributed by atoms with Gasteiger partial charge in [-0.3, -0.25) is 0 Å². The second-order valence-corrected chi connectivity index (χ2v) is 7.91. The number of guanidine groups is 1. The Kier molecular flexibility index (Phi) is 5.86. The summed E-state index contributed by atoms with van der Waals surface area (Å²) in [5, 5.41) is 22.6. The van der Waals surface area contributed by atoms with E-state index in [1.165, 1.54) is 6.42 Å². The fraction of sp³-hybridized carbons (Fsp3) is 0.435. The van der Waals surface area contributed by atoms with Gasteiger partial charge in [-0.05, 0) is 63.8 Å². The molecule has 156 valence electrons. The van der Waals surface area contributed by atoms with Crippen molar-refractivity contribution in [2.45, 2.75) is 51.6 Å². The van der Waals surface area contributed by atoms with Crippen LogP contribution in [0, 0.1) is 18.8 Å². The van der Waals surface area contributed by atoms with Gasteiger partial charge in [0.2, 0.25) is 5.96 Å². The highest BCUT2D eigenvalue weighted by atomic mass is 16.3. The minimum Gasteiger partial charge on any atom is -0.378 e. The molecular weight excluding hydrogens is 376 g/mol. The second-order valence-electron chi connectivity index (χ2n) is 7.91. The monoisotopic (exact) mass is 404 g/mol. The average Bonchev–Trinajstić information content (AvgIpc) is 3.41. The molecule has 0 atom stereocenters. The first-order valence-corrected chi connectivity index (χ1v) is 10.5. The van der Waals surface area contributed by atoms with Crippen LogP contribution in [-0.2, 0) is 0 Å². The van der Waals surface area contributed by atoms with Gasteiger partial charge in [0.05, 0.1) is 29.8 Å². The molecule has 1 aliphatic carbocycles. The molecule has 0 saturated heterocycles. The average molecular weight is 405 g/mol. The topological polar surface area (TPSA) is 86.8 Å². The number of benzene rings is 1. The van der Waals surface area contributed by atoms with Crippen molar-refractivity contribution in [1.29, 1.82) is 0 Å². The van der Waals surface area contributed by atoms with Crippen molar-refractivity contribution in [3.8, 4) is 17.5 Å². The van der Waals surface area contributed by atoms with Crippen LogP contribution in [0.15, 0.2) is 40.6 Å². The molecule has 0 radical (unpaired) electrons. The molecule has 7 nitrogen and oxygen atoms in total. The molecule has 2 aromatic rings. The van der Waals surface area contributed by atoms with Crippen LogP contribution in [0.2, 0.25) is 0 Å². The third-order valence-electron chi connectivity index (χ3n) is 5.64. The summed E-state index contributed by atoms with van der Waals surface area (Å²) in [6.45, 7) is 5.59. The van der Waals surface area contributed by atoms with Gasteiger partial charge in [0.1, 0.15) is 5.60 Å². The lowest BCUT2D eigenvalue weighted by Gasteiger charge is -2.26. The van der Waals surface area contributed by atoms with E-state index >= 15 is 0 Å². The Labute approximate surface area is 177 Å². The SMILES string of the molecule is C/C(=N\NC1=NCCN1)c1cnn(-c2ccc(C#CC3(O)CCCCC3)cc2)c1C. The van der Waals surface area contributed by atoms with Crippen LogP contribution in [0.3, 0.4) is 0 Å². The summed E-state index contributed by atoms with van der Waals surface area (Å²) in [5.74, 6) is 6.93. The van der Waals surface area contributed by atoms with E-state index in [4.69, 9.17) is 0 Å². The molecular formula is C23H28N6O. The molecule has 30 heavy (non-hydrogen) atoms. The van der Waals surface area contributed by atoms with Gasteiger partial charge in [-0.1, -0.05) is 18.3 Å². The molecule has 0 bridgehead atoms. The third-order valence-corrected chi connectivity index (χ3v) is 5.64. The van der Waals surface area contributed by atoms with E-state index in [1.54, 1.807) is 0 Å². The first-order chi connectivity index (χ1) is 14.5.